The fourth-order valence-corrected chi connectivity index (χ4v) is 4.78. The summed E-state index contributed by atoms with van der Waals surface area (Å²) in [6.45, 7) is 12.9. The van der Waals surface area contributed by atoms with E-state index in [1.54, 1.807) is 17.0 Å². The summed E-state index contributed by atoms with van der Waals surface area (Å²) < 4.78 is 18.0. The molecule has 1 aliphatic rings. The van der Waals surface area contributed by atoms with E-state index in [-0.39, 0.29) is 53.8 Å². The van der Waals surface area contributed by atoms with E-state index < -0.39 is 17.3 Å². The molecule has 2 aromatic rings. The van der Waals surface area contributed by atoms with Crippen molar-refractivity contribution < 1.29 is 33.7 Å². The van der Waals surface area contributed by atoms with Crippen molar-refractivity contribution in [3.05, 3.63) is 58.9 Å². The number of ketones is 1. The number of Topliss-reactive ketones (excluding diaryl/α,β-unsaturated/α-hetero) is 1. The maximum absolute atomic E-state index is 13.8. The lowest BCUT2D eigenvalue weighted by molar-refractivity contribution is -0.137. The zero-order chi connectivity index (χ0) is 32.4. The van der Waals surface area contributed by atoms with Crippen LogP contribution in [0.4, 0.5) is 0 Å². The number of hydrogen-bond acceptors (Lipinski definition) is 8. The monoisotopic (exact) mass is 688 g/mol. The number of nitrogens with one attached hydrogen (secondary N) is 2. The Hall–Kier alpha value is -3.93. The van der Waals surface area contributed by atoms with Crippen molar-refractivity contribution in [2.75, 3.05) is 33.4 Å². The first-order chi connectivity index (χ1) is 20.9. The molecule has 0 bridgehead atoms. The van der Waals surface area contributed by atoms with Crippen molar-refractivity contribution in [3.63, 3.8) is 0 Å². The number of benzene rings is 1. The molecule has 3 N–H and O–H groups in total. The molecule has 0 radical (unpaired) electrons. The first-order valence-electron chi connectivity index (χ1n) is 14.9. The van der Waals surface area contributed by atoms with Crippen LogP contribution in [0.15, 0.2) is 30.9 Å². The molecule has 3 rings (SSSR count). The Kier molecular flexibility index (Phi) is 14.0. The van der Waals surface area contributed by atoms with Crippen molar-refractivity contribution in [1.82, 2.24) is 15.2 Å². The molecule has 0 saturated heterocycles. The lowest BCUT2D eigenvalue weighted by Gasteiger charge is -2.26. The van der Waals surface area contributed by atoms with Gasteiger partial charge in [0.25, 0.3) is 5.91 Å². The summed E-state index contributed by atoms with van der Waals surface area (Å²) >= 11 is 0. The van der Waals surface area contributed by atoms with Crippen LogP contribution in [0.3, 0.4) is 0 Å². The third kappa shape index (κ3) is 9.78. The highest BCUT2D eigenvalue weighted by Crippen LogP contribution is 2.40. The maximum atomic E-state index is 13.8. The number of amides is 1. The Morgan fingerprint density at radius 3 is 2.42 bits per heavy atom. The van der Waals surface area contributed by atoms with Gasteiger partial charge in [-0.05, 0) is 56.2 Å². The van der Waals surface area contributed by atoms with E-state index in [1.807, 2.05) is 39.8 Å². The van der Waals surface area contributed by atoms with Gasteiger partial charge in [-0.3, -0.25) is 19.8 Å². The van der Waals surface area contributed by atoms with Crippen LogP contribution >= 0.6 is 17.0 Å². The van der Waals surface area contributed by atoms with Crippen molar-refractivity contribution in [2.45, 2.75) is 71.8 Å². The van der Waals surface area contributed by atoms with E-state index in [2.05, 4.69) is 16.9 Å². The minimum atomic E-state index is -0.846. The summed E-state index contributed by atoms with van der Waals surface area (Å²) in [7, 11) is 1.50. The normalized spacial score (nSPS) is 12.2. The third-order valence-electron chi connectivity index (χ3n) is 7.07. The smallest absolute Gasteiger partial charge is 0.303 e. The molecule has 45 heavy (non-hydrogen) atoms. The van der Waals surface area contributed by atoms with Gasteiger partial charge in [-0.1, -0.05) is 26.8 Å². The predicted octanol–water partition coefficient (Wildman–Crippen LogP) is 5.72. The molecule has 0 unspecified atom stereocenters. The number of aliphatic carboxylic acids is 1. The number of ether oxygens (including phenoxy) is 3. The highest BCUT2D eigenvalue weighted by molar-refractivity contribution is 8.93. The molecular weight excluding hydrogens is 644 g/mol. The van der Waals surface area contributed by atoms with E-state index in [0.717, 1.165) is 18.4 Å². The summed E-state index contributed by atoms with van der Waals surface area (Å²) in [4.78, 5) is 43.1. The average Bonchev–Trinajstić information content (AvgIpc) is 3.27. The van der Waals surface area contributed by atoms with Crippen molar-refractivity contribution in [2.24, 2.45) is 0 Å². The predicted molar refractivity (Wildman–Crippen MR) is 178 cm³/mol. The van der Waals surface area contributed by atoms with Crippen LogP contribution in [-0.4, -0.2) is 71.9 Å². The number of halogens is 1. The van der Waals surface area contributed by atoms with Gasteiger partial charge in [0.2, 0.25) is 0 Å². The molecule has 1 aliphatic heterocycles. The average molecular weight is 690 g/mol. The number of allylic oxidation sites excluding steroid dienone is 1. The number of rotatable bonds is 17. The van der Waals surface area contributed by atoms with E-state index in [1.165, 1.54) is 7.05 Å². The molecular formula is C33H45BrN4O7. The summed E-state index contributed by atoms with van der Waals surface area (Å²) in [6, 6.07) is 5.21. The summed E-state index contributed by atoms with van der Waals surface area (Å²) in [5.74, 6) is -0.106. The number of nitrogens with zero attached hydrogens (tertiary/aromatic N) is 2. The molecule has 12 heteroatoms. The van der Waals surface area contributed by atoms with Gasteiger partial charge in [-0.15, -0.1) is 23.6 Å². The Balaban J connectivity index is 0.00000705. The molecule has 0 saturated carbocycles. The van der Waals surface area contributed by atoms with Gasteiger partial charge in [0.1, 0.15) is 11.5 Å². The number of carboxylic acid groups (broad SMARTS) is 1. The van der Waals surface area contributed by atoms with Gasteiger partial charge in [0.05, 0.1) is 26.4 Å². The van der Waals surface area contributed by atoms with Gasteiger partial charge in [0.15, 0.2) is 28.7 Å². The van der Waals surface area contributed by atoms with Gasteiger partial charge in [-0.25, -0.2) is 4.98 Å². The molecule has 0 aliphatic carbocycles. The molecule has 1 amide bonds. The molecule has 1 aromatic carbocycles. The van der Waals surface area contributed by atoms with Crippen LogP contribution in [0.2, 0.25) is 0 Å². The van der Waals surface area contributed by atoms with E-state index >= 15 is 0 Å². The van der Waals surface area contributed by atoms with Crippen LogP contribution in [-0.2, 0) is 16.8 Å². The van der Waals surface area contributed by atoms with Crippen LogP contribution in [0.5, 0.6) is 17.2 Å². The molecule has 246 valence electrons. The lowest BCUT2D eigenvalue weighted by atomic mass is 9.84. The first-order valence-corrected chi connectivity index (χ1v) is 14.9. The fourth-order valence-electron chi connectivity index (χ4n) is 4.78. The standard InChI is InChI=1S/C33H44N4O7.BrH/c1-7-9-11-14-43-26-17-21(16-23(33(3,4)5)30(26)44-15-12-10-13-27(39)40)24(38)20-37-19-22-18-25(42-8-2)29(32(41)35-6)36-28(22)31(37)34;/h7,16-18,34H,1,8-15,19-20H2,2-6H3,(H,35,41)(H,39,40);1H. The van der Waals surface area contributed by atoms with E-state index in [9.17, 15) is 14.4 Å². The highest BCUT2D eigenvalue weighted by atomic mass is 79.9. The van der Waals surface area contributed by atoms with Crippen LogP contribution in [0.1, 0.15) is 97.5 Å². The van der Waals surface area contributed by atoms with Crippen LogP contribution in [0.25, 0.3) is 0 Å². The largest absolute Gasteiger partial charge is 0.491 e. The quantitative estimate of drug-likeness (QED) is 0.108. The second-order valence-corrected chi connectivity index (χ2v) is 11.6. The first kappa shape index (κ1) is 37.3. The third-order valence-corrected chi connectivity index (χ3v) is 7.07. The number of aromatic nitrogens is 1. The molecule has 11 nitrogen and oxygen atoms in total. The number of hydrogen-bond donors (Lipinski definition) is 3. The number of unbranched alkanes of at least 4 members (excludes halogenated alkanes) is 2. The number of pyridine rings is 1. The SMILES string of the molecule is Br.C=CCCCOc1cc(C(=O)CN2Cc3cc(OCC)c(C(=O)NC)nc3C2=N)cc(C(C)(C)C)c1OCCCCC(=O)O. The van der Waals surface area contributed by atoms with Gasteiger partial charge in [0, 0.05) is 36.7 Å². The van der Waals surface area contributed by atoms with Gasteiger partial charge >= 0.3 is 5.97 Å². The van der Waals surface area contributed by atoms with Crippen molar-refractivity contribution in [3.8, 4) is 17.2 Å². The zero-order valence-electron chi connectivity index (χ0n) is 26.8. The number of carbonyl (C=O) groups is 3. The Morgan fingerprint density at radius 1 is 1.09 bits per heavy atom. The van der Waals surface area contributed by atoms with Crippen LogP contribution < -0.4 is 19.5 Å². The maximum Gasteiger partial charge on any atom is 0.303 e. The van der Waals surface area contributed by atoms with Gasteiger partial charge < -0.3 is 29.5 Å². The number of amidine groups is 1. The summed E-state index contributed by atoms with van der Waals surface area (Å²) in [6.07, 6.45) is 4.44. The molecule has 0 fully saturated rings. The highest BCUT2D eigenvalue weighted by Gasteiger charge is 2.32. The summed E-state index contributed by atoms with van der Waals surface area (Å²) in [5.41, 5.74) is 1.94. The lowest BCUT2D eigenvalue weighted by Crippen LogP contribution is -2.31. The number of fused-ring (bicyclic) bond motifs is 1. The second-order valence-electron chi connectivity index (χ2n) is 11.6. The molecule has 0 spiro atoms. The Bertz CT molecular complexity index is 1400. The minimum absolute atomic E-state index is 0. The second kappa shape index (κ2) is 17.0. The van der Waals surface area contributed by atoms with Crippen molar-refractivity contribution >= 4 is 40.5 Å². The topological polar surface area (TPSA) is 151 Å². The van der Waals surface area contributed by atoms with E-state index in [0.29, 0.717) is 66.7 Å². The molecule has 2 heterocycles. The van der Waals surface area contributed by atoms with Gasteiger partial charge in [-0.2, -0.15) is 0 Å². The Morgan fingerprint density at radius 2 is 1.80 bits per heavy atom. The minimum Gasteiger partial charge on any atom is -0.491 e. The summed E-state index contributed by atoms with van der Waals surface area (Å²) in [5, 5.41) is 20.3. The van der Waals surface area contributed by atoms with Crippen molar-refractivity contribution in [1.29, 1.82) is 5.41 Å². The van der Waals surface area contributed by atoms with E-state index in [4.69, 9.17) is 24.7 Å². The van der Waals surface area contributed by atoms with Crippen LogP contribution in [0, 0.1) is 5.41 Å². The molecule has 1 aromatic heterocycles. The molecule has 0 atom stereocenters. The zero-order valence-corrected chi connectivity index (χ0v) is 28.5. The number of carboxylic acids is 1. The fraction of sp³-hybridized carbons (Fsp3) is 0.485. The number of carbonyl (C=O) groups excluding carboxylic acids is 2. The Labute approximate surface area is 275 Å².